The number of piperazine rings is 1. The van der Waals surface area contributed by atoms with Gasteiger partial charge < -0.3 is 9.80 Å². The van der Waals surface area contributed by atoms with Crippen molar-refractivity contribution in [1.82, 2.24) is 29.6 Å². The van der Waals surface area contributed by atoms with E-state index in [0.717, 1.165) is 16.7 Å². The normalized spacial score (nSPS) is 13.8. The molecule has 166 valence electrons. The van der Waals surface area contributed by atoms with E-state index in [4.69, 9.17) is 10.1 Å². The summed E-state index contributed by atoms with van der Waals surface area (Å²) in [5, 5.41) is 4.72. The Bertz CT molecular complexity index is 1230. The van der Waals surface area contributed by atoms with E-state index in [0.29, 0.717) is 43.8 Å². The van der Waals surface area contributed by atoms with Crippen LogP contribution in [0.2, 0.25) is 0 Å². The third kappa shape index (κ3) is 4.59. The third-order valence-electron chi connectivity index (χ3n) is 5.73. The number of nitrogens with zero attached hydrogens (tertiary/aromatic N) is 7. The highest BCUT2D eigenvalue weighted by atomic mass is 16.2. The van der Waals surface area contributed by atoms with Crippen molar-refractivity contribution in [2.45, 2.75) is 13.5 Å². The fourth-order valence-electron chi connectivity index (χ4n) is 4.00. The number of amides is 1. The minimum atomic E-state index is 0.0292. The summed E-state index contributed by atoms with van der Waals surface area (Å²) < 4.78 is 1.72. The van der Waals surface area contributed by atoms with Crippen molar-refractivity contribution in [3.05, 3.63) is 78.6 Å². The Hall–Kier alpha value is -4.07. The van der Waals surface area contributed by atoms with Crippen molar-refractivity contribution in [3.8, 4) is 22.8 Å². The summed E-state index contributed by atoms with van der Waals surface area (Å²) in [5.74, 6) is 2.05. The van der Waals surface area contributed by atoms with Gasteiger partial charge in [0, 0.05) is 49.7 Å². The van der Waals surface area contributed by atoms with Crippen LogP contribution in [0.3, 0.4) is 0 Å². The molecule has 8 nitrogen and oxygen atoms in total. The first kappa shape index (κ1) is 20.8. The van der Waals surface area contributed by atoms with Gasteiger partial charge >= 0.3 is 0 Å². The van der Waals surface area contributed by atoms with Gasteiger partial charge in [-0.3, -0.25) is 4.79 Å². The summed E-state index contributed by atoms with van der Waals surface area (Å²) in [5.41, 5.74) is 3.01. The Morgan fingerprint density at radius 2 is 1.61 bits per heavy atom. The van der Waals surface area contributed by atoms with Crippen LogP contribution in [-0.4, -0.2) is 61.7 Å². The molecule has 8 heteroatoms. The van der Waals surface area contributed by atoms with Crippen LogP contribution in [0.4, 0.5) is 5.95 Å². The van der Waals surface area contributed by atoms with E-state index in [1.807, 2.05) is 60.4 Å². The van der Waals surface area contributed by atoms with E-state index in [1.54, 1.807) is 23.1 Å². The molecule has 2 aromatic heterocycles. The molecule has 0 bridgehead atoms. The zero-order chi connectivity index (χ0) is 22.6. The van der Waals surface area contributed by atoms with Gasteiger partial charge in [0.15, 0.2) is 11.6 Å². The topological polar surface area (TPSA) is 80.0 Å². The number of rotatable bonds is 5. The van der Waals surface area contributed by atoms with Crippen LogP contribution in [0, 0.1) is 6.92 Å². The second-order valence-corrected chi connectivity index (χ2v) is 8.07. The van der Waals surface area contributed by atoms with E-state index >= 15 is 0 Å². The molecule has 0 radical (unpaired) electrons. The number of hydrogen-bond acceptors (Lipinski definition) is 6. The Morgan fingerprint density at radius 1 is 0.879 bits per heavy atom. The lowest BCUT2D eigenvalue weighted by molar-refractivity contribution is -0.132. The molecule has 1 fully saturated rings. The first-order valence-corrected chi connectivity index (χ1v) is 11.0. The number of benzene rings is 2. The van der Waals surface area contributed by atoms with Gasteiger partial charge in [0.2, 0.25) is 11.9 Å². The van der Waals surface area contributed by atoms with Gasteiger partial charge in [-0.1, -0.05) is 54.1 Å². The average Bonchev–Trinajstić information content (AvgIpc) is 3.29. The molecule has 1 aliphatic rings. The van der Waals surface area contributed by atoms with Crippen LogP contribution < -0.4 is 4.90 Å². The first-order valence-electron chi connectivity index (χ1n) is 11.0. The molecule has 2 aromatic carbocycles. The number of anilines is 1. The molecule has 0 N–H and O–H groups in total. The minimum absolute atomic E-state index is 0.0292. The van der Waals surface area contributed by atoms with Crippen LogP contribution in [0.25, 0.3) is 22.8 Å². The van der Waals surface area contributed by atoms with Gasteiger partial charge in [0.1, 0.15) is 6.54 Å². The summed E-state index contributed by atoms with van der Waals surface area (Å²) in [6.45, 7) is 4.84. The van der Waals surface area contributed by atoms with Gasteiger partial charge in [0.25, 0.3) is 0 Å². The summed E-state index contributed by atoms with van der Waals surface area (Å²) in [6, 6.07) is 19.8. The van der Waals surface area contributed by atoms with Gasteiger partial charge in [-0.05, 0) is 19.1 Å². The molecule has 0 aliphatic carbocycles. The standard InChI is InChI=1S/C25H25N7O/c1-19-7-5-10-21(17-19)23-28-24(20-8-3-2-4-9-20)32(29-23)18-22(33)30-13-15-31(16-14-30)25-26-11-6-12-27-25/h2-12,17H,13-16,18H2,1H3. The highest BCUT2D eigenvalue weighted by Crippen LogP contribution is 2.23. The first-order chi connectivity index (χ1) is 16.2. The van der Waals surface area contributed by atoms with Crippen LogP contribution >= 0.6 is 0 Å². The molecule has 1 saturated heterocycles. The second kappa shape index (κ2) is 9.20. The number of aromatic nitrogens is 5. The van der Waals surface area contributed by atoms with Crippen LogP contribution in [-0.2, 0) is 11.3 Å². The van der Waals surface area contributed by atoms with Crippen LogP contribution in [0.5, 0.6) is 0 Å². The molecule has 33 heavy (non-hydrogen) atoms. The highest BCUT2D eigenvalue weighted by Gasteiger charge is 2.24. The Labute approximate surface area is 192 Å². The molecule has 1 aliphatic heterocycles. The number of carbonyl (C=O) groups is 1. The van der Waals surface area contributed by atoms with Crippen molar-refractivity contribution in [1.29, 1.82) is 0 Å². The Morgan fingerprint density at radius 3 is 2.33 bits per heavy atom. The smallest absolute Gasteiger partial charge is 0.244 e. The lowest BCUT2D eigenvalue weighted by Crippen LogP contribution is -2.50. The molecule has 0 saturated carbocycles. The van der Waals surface area contributed by atoms with E-state index in [9.17, 15) is 4.79 Å². The van der Waals surface area contributed by atoms with Crippen LogP contribution in [0.1, 0.15) is 5.56 Å². The lowest BCUT2D eigenvalue weighted by atomic mass is 10.1. The van der Waals surface area contributed by atoms with Crippen molar-refractivity contribution in [3.63, 3.8) is 0 Å². The zero-order valence-electron chi connectivity index (χ0n) is 18.5. The summed E-state index contributed by atoms with van der Waals surface area (Å²) in [7, 11) is 0. The predicted octanol–water partition coefficient (Wildman–Crippen LogP) is 3.06. The maximum Gasteiger partial charge on any atom is 0.244 e. The molecular weight excluding hydrogens is 414 g/mol. The molecule has 1 amide bonds. The summed E-state index contributed by atoms with van der Waals surface area (Å²) in [4.78, 5) is 30.6. The largest absolute Gasteiger partial charge is 0.338 e. The van der Waals surface area contributed by atoms with Crippen LogP contribution in [0.15, 0.2) is 73.1 Å². The average molecular weight is 440 g/mol. The Balaban J connectivity index is 1.35. The van der Waals surface area contributed by atoms with Crippen molar-refractivity contribution in [2.24, 2.45) is 0 Å². The fourth-order valence-corrected chi connectivity index (χ4v) is 4.00. The maximum absolute atomic E-state index is 13.2. The molecule has 0 atom stereocenters. The highest BCUT2D eigenvalue weighted by molar-refractivity contribution is 5.77. The SMILES string of the molecule is Cc1cccc(-c2nc(-c3ccccc3)n(CC(=O)N3CCN(c4ncccn4)CC3)n2)c1. The summed E-state index contributed by atoms with van der Waals surface area (Å²) >= 11 is 0. The van der Waals surface area contributed by atoms with Crippen molar-refractivity contribution in [2.75, 3.05) is 31.1 Å². The Kier molecular flexibility index (Phi) is 5.80. The van der Waals surface area contributed by atoms with Crippen molar-refractivity contribution >= 4 is 11.9 Å². The van der Waals surface area contributed by atoms with E-state index in [-0.39, 0.29) is 12.5 Å². The fraction of sp³-hybridized carbons (Fsp3) is 0.240. The summed E-state index contributed by atoms with van der Waals surface area (Å²) in [6.07, 6.45) is 3.48. The van der Waals surface area contributed by atoms with Gasteiger partial charge in [-0.15, -0.1) is 5.10 Å². The molecule has 3 heterocycles. The van der Waals surface area contributed by atoms with E-state index in [2.05, 4.69) is 20.9 Å². The van der Waals surface area contributed by atoms with Gasteiger partial charge in [-0.2, -0.15) is 0 Å². The monoisotopic (exact) mass is 439 g/mol. The van der Waals surface area contributed by atoms with Crippen molar-refractivity contribution < 1.29 is 4.79 Å². The molecule has 0 unspecified atom stereocenters. The maximum atomic E-state index is 13.2. The lowest BCUT2D eigenvalue weighted by Gasteiger charge is -2.34. The quantitative estimate of drug-likeness (QED) is 0.476. The van der Waals surface area contributed by atoms with E-state index in [1.165, 1.54) is 0 Å². The molecule has 4 aromatic rings. The van der Waals surface area contributed by atoms with Gasteiger partial charge in [-0.25, -0.2) is 19.6 Å². The van der Waals surface area contributed by atoms with Gasteiger partial charge in [0.05, 0.1) is 0 Å². The minimum Gasteiger partial charge on any atom is -0.338 e. The molecule has 5 rings (SSSR count). The third-order valence-corrected chi connectivity index (χ3v) is 5.73. The zero-order valence-corrected chi connectivity index (χ0v) is 18.5. The second-order valence-electron chi connectivity index (χ2n) is 8.07. The number of carbonyl (C=O) groups excluding carboxylic acids is 1. The predicted molar refractivity (Wildman–Crippen MR) is 126 cm³/mol. The number of aryl methyl sites for hydroxylation is 1. The van der Waals surface area contributed by atoms with E-state index < -0.39 is 0 Å². The molecular formula is C25H25N7O. The molecule has 0 spiro atoms. The number of hydrogen-bond donors (Lipinski definition) is 0.